The van der Waals surface area contributed by atoms with Gasteiger partial charge in [-0.3, -0.25) is 0 Å². The highest BCUT2D eigenvalue weighted by atomic mass is 16.6. The SMILES string of the molecule is CC(C)(C)OC(=O)NC1(CNCC2CCCN2)CCC1. The molecule has 2 rings (SSSR count). The molecule has 0 radical (unpaired) electrons. The van der Waals surface area contributed by atoms with Gasteiger partial charge in [-0.25, -0.2) is 4.79 Å². The first-order chi connectivity index (χ1) is 9.39. The molecule has 0 bridgehead atoms. The van der Waals surface area contributed by atoms with Crippen molar-refractivity contribution < 1.29 is 9.53 Å². The van der Waals surface area contributed by atoms with Gasteiger partial charge in [-0.1, -0.05) is 0 Å². The van der Waals surface area contributed by atoms with Crippen molar-refractivity contribution in [3.8, 4) is 0 Å². The van der Waals surface area contributed by atoms with E-state index < -0.39 is 5.60 Å². The van der Waals surface area contributed by atoms with E-state index in [0.717, 1.165) is 32.5 Å². The van der Waals surface area contributed by atoms with E-state index in [1.54, 1.807) is 0 Å². The van der Waals surface area contributed by atoms with Crippen LogP contribution in [0, 0.1) is 0 Å². The van der Waals surface area contributed by atoms with Crippen LogP contribution in [0.5, 0.6) is 0 Å². The lowest BCUT2D eigenvalue weighted by Gasteiger charge is -2.43. The average molecular weight is 283 g/mol. The number of nitrogens with one attached hydrogen (secondary N) is 3. The van der Waals surface area contributed by atoms with E-state index >= 15 is 0 Å². The Morgan fingerprint density at radius 1 is 1.35 bits per heavy atom. The van der Waals surface area contributed by atoms with E-state index in [-0.39, 0.29) is 11.6 Å². The Kier molecular flexibility index (Phi) is 4.91. The summed E-state index contributed by atoms with van der Waals surface area (Å²) in [4.78, 5) is 11.9. The molecule has 3 N–H and O–H groups in total. The molecule has 0 aromatic rings. The fraction of sp³-hybridized carbons (Fsp3) is 0.933. The van der Waals surface area contributed by atoms with Crippen molar-refractivity contribution >= 4 is 6.09 Å². The van der Waals surface area contributed by atoms with E-state index in [4.69, 9.17) is 4.74 Å². The molecule has 0 spiro atoms. The van der Waals surface area contributed by atoms with Crippen molar-refractivity contribution in [3.05, 3.63) is 0 Å². The van der Waals surface area contributed by atoms with E-state index in [0.29, 0.717) is 6.04 Å². The summed E-state index contributed by atoms with van der Waals surface area (Å²) in [6, 6.07) is 0.591. The molecular formula is C15H29N3O2. The van der Waals surface area contributed by atoms with Gasteiger partial charge in [0, 0.05) is 19.1 Å². The molecule has 5 nitrogen and oxygen atoms in total. The third kappa shape index (κ3) is 4.63. The summed E-state index contributed by atoms with van der Waals surface area (Å²) < 4.78 is 5.36. The normalized spacial score (nSPS) is 25.1. The standard InChI is InChI=1S/C15H29N3O2/c1-14(2,3)20-13(19)18-15(7-5-8-15)11-16-10-12-6-4-9-17-12/h12,16-17H,4-11H2,1-3H3,(H,18,19). The lowest BCUT2D eigenvalue weighted by Crippen LogP contribution is -2.60. The van der Waals surface area contributed by atoms with Crippen LogP contribution < -0.4 is 16.0 Å². The molecule has 2 fully saturated rings. The topological polar surface area (TPSA) is 62.4 Å². The van der Waals surface area contributed by atoms with Gasteiger partial charge in [0.25, 0.3) is 0 Å². The predicted octanol–water partition coefficient (Wildman–Crippen LogP) is 1.78. The number of ether oxygens (including phenoxy) is 1. The molecule has 0 aromatic carbocycles. The first-order valence-corrected chi connectivity index (χ1v) is 7.84. The van der Waals surface area contributed by atoms with Crippen molar-refractivity contribution in [1.82, 2.24) is 16.0 Å². The number of carbonyl (C=O) groups excluding carboxylic acids is 1. The Hall–Kier alpha value is -0.810. The maximum absolute atomic E-state index is 11.9. The Morgan fingerprint density at radius 3 is 2.60 bits per heavy atom. The van der Waals surface area contributed by atoms with Gasteiger partial charge in [0.2, 0.25) is 0 Å². The van der Waals surface area contributed by atoms with Crippen LogP contribution >= 0.6 is 0 Å². The molecule has 1 aliphatic heterocycles. The summed E-state index contributed by atoms with van der Waals surface area (Å²) in [5, 5.41) is 10.0. The summed E-state index contributed by atoms with van der Waals surface area (Å²) in [6.07, 6.45) is 5.49. The summed E-state index contributed by atoms with van der Waals surface area (Å²) in [5.41, 5.74) is -0.531. The third-order valence-corrected chi connectivity index (χ3v) is 4.09. The fourth-order valence-electron chi connectivity index (χ4n) is 2.89. The van der Waals surface area contributed by atoms with Gasteiger partial charge >= 0.3 is 6.09 Å². The highest BCUT2D eigenvalue weighted by molar-refractivity contribution is 5.69. The van der Waals surface area contributed by atoms with Crippen molar-refractivity contribution in [2.45, 2.75) is 70.1 Å². The highest BCUT2D eigenvalue weighted by Crippen LogP contribution is 2.31. The molecule has 0 aromatic heterocycles. The Morgan fingerprint density at radius 2 is 2.10 bits per heavy atom. The summed E-state index contributed by atoms with van der Waals surface area (Å²) in [5.74, 6) is 0. The van der Waals surface area contributed by atoms with Crippen LogP contribution in [0.25, 0.3) is 0 Å². The Balaban J connectivity index is 1.72. The van der Waals surface area contributed by atoms with Gasteiger partial charge in [0.05, 0.1) is 5.54 Å². The zero-order valence-electron chi connectivity index (χ0n) is 13.1. The maximum Gasteiger partial charge on any atom is 0.408 e. The molecular weight excluding hydrogens is 254 g/mol. The molecule has 5 heteroatoms. The molecule has 1 saturated carbocycles. The molecule has 1 saturated heterocycles. The van der Waals surface area contributed by atoms with Crippen LogP contribution in [0.1, 0.15) is 52.9 Å². The van der Waals surface area contributed by atoms with E-state index in [1.807, 2.05) is 20.8 Å². The fourth-order valence-corrected chi connectivity index (χ4v) is 2.89. The van der Waals surface area contributed by atoms with Crippen LogP contribution in [-0.2, 0) is 4.74 Å². The molecule has 1 amide bonds. The smallest absolute Gasteiger partial charge is 0.408 e. The zero-order chi connectivity index (χ0) is 14.6. The molecule has 1 unspecified atom stereocenters. The molecule has 1 atom stereocenters. The highest BCUT2D eigenvalue weighted by Gasteiger charge is 2.39. The zero-order valence-corrected chi connectivity index (χ0v) is 13.1. The minimum Gasteiger partial charge on any atom is -0.444 e. The van der Waals surface area contributed by atoms with Crippen LogP contribution in [0.3, 0.4) is 0 Å². The quantitative estimate of drug-likeness (QED) is 0.720. The maximum atomic E-state index is 11.9. The third-order valence-electron chi connectivity index (χ3n) is 4.09. The van der Waals surface area contributed by atoms with Gasteiger partial charge in [-0.15, -0.1) is 0 Å². The lowest BCUT2D eigenvalue weighted by atomic mass is 9.76. The van der Waals surface area contributed by atoms with Crippen LogP contribution in [0.4, 0.5) is 4.79 Å². The van der Waals surface area contributed by atoms with Gasteiger partial charge < -0.3 is 20.7 Å². The number of hydrogen-bond donors (Lipinski definition) is 3. The van der Waals surface area contributed by atoms with Gasteiger partial charge in [0.1, 0.15) is 5.60 Å². The summed E-state index contributed by atoms with van der Waals surface area (Å²) in [7, 11) is 0. The number of carbonyl (C=O) groups is 1. The molecule has 1 heterocycles. The molecule has 20 heavy (non-hydrogen) atoms. The summed E-state index contributed by atoms with van der Waals surface area (Å²) >= 11 is 0. The van der Waals surface area contributed by atoms with Gasteiger partial charge in [-0.2, -0.15) is 0 Å². The second kappa shape index (κ2) is 6.31. The predicted molar refractivity (Wildman–Crippen MR) is 79.8 cm³/mol. The first kappa shape index (κ1) is 15.6. The second-order valence-electron chi connectivity index (χ2n) is 7.18. The van der Waals surface area contributed by atoms with Gasteiger partial charge in [0.15, 0.2) is 0 Å². The number of hydrogen-bond acceptors (Lipinski definition) is 4. The Bertz CT molecular complexity index is 329. The minimum atomic E-state index is -0.434. The van der Waals surface area contributed by atoms with Crippen molar-refractivity contribution in [2.75, 3.05) is 19.6 Å². The van der Waals surface area contributed by atoms with Crippen molar-refractivity contribution in [3.63, 3.8) is 0 Å². The van der Waals surface area contributed by atoms with Crippen molar-refractivity contribution in [2.24, 2.45) is 0 Å². The van der Waals surface area contributed by atoms with E-state index in [9.17, 15) is 4.79 Å². The molecule has 2 aliphatic rings. The molecule has 116 valence electrons. The van der Waals surface area contributed by atoms with Gasteiger partial charge in [-0.05, 0) is 59.4 Å². The first-order valence-electron chi connectivity index (χ1n) is 7.84. The summed E-state index contributed by atoms with van der Waals surface area (Å²) in [6.45, 7) is 8.63. The largest absolute Gasteiger partial charge is 0.444 e. The van der Waals surface area contributed by atoms with Crippen LogP contribution in [0.2, 0.25) is 0 Å². The number of alkyl carbamates (subject to hydrolysis) is 1. The van der Waals surface area contributed by atoms with Crippen LogP contribution in [0.15, 0.2) is 0 Å². The van der Waals surface area contributed by atoms with Crippen LogP contribution in [-0.4, -0.2) is 42.9 Å². The number of rotatable bonds is 5. The van der Waals surface area contributed by atoms with Crippen molar-refractivity contribution in [1.29, 1.82) is 0 Å². The second-order valence-corrected chi connectivity index (χ2v) is 7.18. The monoisotopic (exact) mass is 283 g/mol. The van der Waals surface area contributed by atoms with E-state index in [2.05, 4.69) is 16.0 Å². The Labute approximate surface area is 122 Å². The van der Waals surface area contributed by atoms with E-state index in [1.165, 1.54) is 19.3 Å². The lowest BCUT2D eigenvalue weighted by molar-refractivity contribution is 0.0382. The average Bonchev–Trinajstić information content (AvgIpc) is 2.75. The molecule has 1 aliphatic carbocycles. The number of amides is 1. The minimum absolute atomic E-state index is 0.0963.